The Morgan fingerprint density at radius 2 is 2.25 bits per heavy atom. The van der Waals surface area contributed by atoms with Gasteiger partial charge in [-0.25, -0.2) is 0 Å². The van der Waals surface area contributed by atoms with Gasteiger partial charge < -0.3 is 9.47 Å². The lowest BCUT2D eigenvalue weighted by Crippen LogP contribution is -2.31. The first-order valence-corrected chi connectivity index (χ1v) is 4.99. The van der Waals surface area contributed by atoms with Crippen molar-refractivity contribution in [2.45, 2.75) is 52.4 Å². The smallest absolute Gasteiger partial charge is 0.158 e. The lowest BCUT2D eigenvalue weighted by molar-refractivity contribution is -0.213. The van der Waals surface area contributed by atoms with Crippen LogP contribution < -0.4 is 0 Å². The summed E-state index contributed by atoms with van der Waals surface area (Å²) in [5.74, 6) is 0.709. The van der Waals surface area contributed by atoms with Crippen LogP contribution in [-0.2, 0) is 9.47 Å². The second-order valence-electron chi connectivity index (χ2n) is 3.78. The van der Waals surface area contributed by atoms with Crippen molar-refractivity contribution < 1.29 is 9.47 Å². The molecule has 1 saturated heterocycles. The van der Waals surface area contributed by atoms with Gasteiger partial charge in [0.2, 0.25) is 0 Å². The van der Waals surface area contributed by atoms with Crippen molar-refractivity contribution >= 4 is 0 Å². The summed E-state index contributed by atoms with van der Waals surface area (Å²) in [4.78, 5) is 0. The molecule has 2 nitrogen and oxygen atoms in total. The first kappa shape index (κ1) is 10.0. The van der Waals surface area contributed by atoms with Crippen molar-refractivity contribution in [1.82, 2.24) is 0 Å². The number of rotatable bonds is 3. The Labute approximate surface area is 75.2 Å². The first-order chi connectivity index (χ1) is 5.72. The second kappa shape index (κ2) is 4.83. The third-order valence-electron chi connectivity index (χ3n) is 2.50. The molecule has 0 spiro atoms. The van der Waals surface area contributed by atoms with E-state index < -0.39 is 0 Å². The van der Waals surface area contributed by atoms with E-state index in [9.17, 15) is 0 Å². The fraction of sp³-hybridized carbons (Fsp3) is 1.00. The average Bonchev–Trinajstić information content (AvgIpc) is 2.04. The molecule has 12 heavy (non-hydrogen) atoms. The Balaban J connectivity index is 2.22. The molecule has 72 valence electrons. The predicted octanol–water partition coefficient (Wildman–Crippen LogP) is 2.57. The summed E-state index contributed by atoms with van der Waals surface area (Å²) in [6.45, 7) is 7.43. The van der Waals surface area contributed by atoms with Crippen molar-refractivity contribution in [3.63, 3.8) is 0 Å². The zero-order valence-corrected chi connectivity index (χ0v) is 8.38. The van der Waals surface area contributed by atoms with Gasteiger partial charge in [0, 0.05) is 6.42 Å². The van der Waals surface area contributed by atoms with Gasteiger partial charge >= 0.3 is 0 Å². The molecule has 2 heteroatoms. The first-order valence-electron chi connectivity index (χ1n) is 4.99. The monoisotopic (exact) mass is 172 g/mol. The van der Waals surface area contributed by atoms with Gasteiger partial charge in [-0.2, -0.15) is 0 Å². The SMILES string of the molecule is CCC(C)CC1OCCC(C)O1. The zero-order chi connectivity index (χ0) is 8.97. The van der Waals surface area contributed by atoms with Gasteiger partial charge in [-0.1, -0.05) is 20.3 Å². The van der Waals surface area contributed by atoms with Crippen molar-refractivity contribution in [3.8, 4) is 0 Å². The van der Waals surface area contributed by atoms with E-state index in [4.69, 9.17) is 9.47 Å². The van der Waals surface area contributed by atoms with Crippen molar-refractivity contribution in [2.24, 2.45) is 5.92 Å². The molecule has 3 atom stereocenters. The van der Waals surface area contributed by atoms with Crippen LogP contribution in [0.15, 0.2) is 0 Å². The van der Waals surface area contributed by atoms with E-state index in [-0.39, 0.29) is 6.29 Å². The van der Waals surface area contributed by atoms with Crippen LogP contribution in [0, 0.1) is 5.92 Å². The summed E-state index contributed by atoms with van der Waals surface area (Å²) >= 11 is 0. The molecule has 1 rings (SSSR count). The molecule has 0 saturated carbocycles. The number of ether oxygens (including phenoxy) is 2. The minimum Gasteiger partial charge on any atom is -0.353 e. The van der Waals surface area contributed by atoms with Gasteiger partial charge in [0.1, 0.15) is 0 Å². The van der Waals surface area contributed by atoms with Gasteiger partial charge in [0.25, 0.3) is 0 Å². The van der Waals surface area contributed by atoms with Crippen LogP contribution in [0.4, 0.5) is 0 Å². The molecule has 0 aromatic heterocycles. The van der Waals surface area contributed by atoms with Crippen LogP contribution in [0.3, 0.4) is 0 Å². The van der Waals surface area contributed by atoms with Gasteiger partial charge in [-0.05, 0) is 19.3 Å². The summed E-state index contributed by atoms with van der Waals surface area (Å²) in [6.07, 6.45) is 3.73. The molecule has 0 radical (unpaired) electrons. The second-order valence-corrected chi connectivity index (χ2v) is 3.78. The molecule has 1 heterocycles. The van der Waals surface area contributed by atoms with Gasteiger partial charge in [0.05, 0.1) is 12.7 Å². The summed E-state index contributed by atoms with van der Waals surface area (Å²) in [5, 5.41) is 0. The summed E-state index contributed by atoms with van der Waals surface area (Å²) < 4.78 is 11.1. The normalized spacial score (nSPS) is 33.2. The van der Waals surface area contributed by atoms with E-state index in [1.807, 2.05) is 0 Å². The minimum atomic E-state index is 0.0590. The van der Waals surface area contributed by atoms with Gasteiger partial charge in [-0.3, -0.25) is 0 Å². The minimum absolute atomic E-state index is 0.0590. The lowest BCUT2D eigenvalue weighted by Gasteiger charge is -2.29. The highest BCUT2D eigenvalue weighted by atomic mass is 16.7. The third kappa shape index (κ3) is 3.11. The standard InChI is InChI=1S/C10H20O2/c1-4-8(2)7-10-11-6-5-9(3)12-10/h8-10H,4-7H2,1-3H3. The highest BCUT2D eigenvalue weighted by Crippen LogP contribution is 2.19. The molecular formula is C10H20O2. The van der Waals surface area contributed by atoms with Crippen LogP contribution in [0.25, 0.3) is 0 Å². The van der Waals surface area contributed by atoms with Crippen LogP contribution in [0.1, 0.15) is 40.0 Å². The topological polar surface area (TPSA) is 18.5 Å². The Hall–Kier alpha value is -0.0800. The molecule has 3 unspecified atom stereocenters. The maximum Gasteiger partial charge on any atom is 0.158 e. The Morgan fingerprint density at radius 3 is 2.83 bits per heavy atom. The Bertz CT molecular complexity index is 125. The molecule has 0 aliphatic carbocycles. The van der Waals surface area contributed by atoms with Crippen LogP contribution in [0.2, 0.25) is 0 Å². The van der Waals surface area contributed by atoms with E-state index in [2.05, 4.69) is 20.8 Å². The fourth-order valence-electron chi connectivity index (χ4n) is 1.35. The van der Waals surface area contributed by atoms with Crippen LogP contribution in [-0.4, -0.2) is 19.0 Å². The number of hydrogen-bond donors (Lipinski definition) is 0. The van der Waals surface area contributed by atoms with Crippen LogP contribution >= 0.6 is 0 Å². The van der Waals surface area contributed by atoms with Crippen molar-refractivity contribution in [3.05, 3.63) is 0 Å². The van der Waals surface area contributed by atoms with Gasteiger partial charge in [0.15, 0.2) is 6.29 Å². The van der Waals surface area contributed by atoms with E-state index in [1.165, 1.54) is 6.42 Å². The van der Waals surface area contributed by atoms with E-state index in [0.717, 1.165) is 19.4 Å². The zero-order valence-electron chi connectivity index (χ0n) is 8.38. The Kier molecular flexibility index (Phi) is 4.02. The highest BCUT2D eigenvalue weighted by Gasteiger charge is 2.20. The largest absolute Gasteiger partial charge is 0.353 e. The van der Waals surface area contributed by atoms with Crippen molar-refractivity contribution in [2.75, 3.05) is 6.61 Å². The molecule has 1 aliphatic rings. The number of hydrogen-bond acceptors (Lipinski definition) is 2. The quantitative estimate of drug-likeness (QED) is 0.651. The Morgan fingerprint density at radius 1 is 1.50 bits per heavy atom. The summed E-state index contributed by atoms with van der Waals surface area (Å²) in [7, 11) is 0. The molecule has 0 aromatic carbocycles. The lowest BCUT2D eigenvalue weighted by atomic mass is 10.0. The molecule has 0 bridgehead atoms. The van der Waals surface area contributed by atoms with Gasteiger partial charge in [-0.15, -0.1) is 0 Å². The third-order valence-corrected chi connectivity index (χ3v) is 2.50. The maximum atomic E-state index is 5.64. The van der Waals surface area contributed by atoms with Crippen LogP contribution in [0.5, 0.6) is 0 Å². The maximum absolute atomic E-state index is 5.64. The molecule has 0 aromatic rings. The fourth-order valence-corrected chi connectivity index (χ4v) is 1.35. The summed E-state index contributed by atoms with van der Waals surface area (Å²) in [5.41, 5.74) is 0. The molecule has 1 aliphatic heterocycles. The molecule has 0 amide bonds. The molecule has 1 fully saturated rings. The predicted molar refractivity (Wildman–Crippen MR) is 49.0 cm³/mol. The molecule has 0 N–H and O–H groups in total. The van der Waals surface area contributed by atoms with E-state index in [0.29, 0.717) is 12.0 Å². The van der Waals surface area contributed by atoms with E-state index >= 15 is 0 Å². The summed E-state index contributed by atoms with van der Waals surface area (Å²) in [6, 6.07) is 0. The highest BCUT2D eigenvalue weighted by molar-refractivity contribution is 4.61. The van der Waals surface area contributed by atoms with Crippen molar-refractivity contribution in [1.29, 1.82) is 0 Å². The van der Waals surface area contributed by atoms with E-state index in [1.54, 1.807) is 0 Å². The average molecular weight is 172 g/mol. The molecular weight excluding hydrogens is 152 g/mol.